The molecule has 0 aliphatic carbocycles. The summed E-state index contributed by atoms with van der Waals surface area (Å²) in [6.07, 6.45) is 5.98. The predicted octanol–water partition coefficient (Wildman–Crippen LogP) is 5.31. The minimum Gasteiger partial charge on any atom is -0.330 e. The van der Waals surface area contributed by atoms with Crippen LogP contribution in [0, 0.1) is 5.92 Å². The SMILES string of the molecule is C=C(CC(=C)C(CN)CCC)c1ccc2c(c1)N=CC2.CC. The topological polar surface area (TPSA) is 38.4 Å². The lowest BCUT2D eigenvalue weighted by Crippen LogP contribution is -2.16. The maximum absolute atomic E-state index is 5.84. The van der Waals surface area contributed by atoms with Crippen molar-refractivity contribution >= 4 is 17.5 Å². The fraction of sp³-hybridized carbons (Fsp3) is 0.450. The van der Waals surface area contributed by atoms with E-state index in [-0.39, 0.29) is 0 Å². The molecule has 0 spiro atoms. The molecule has 120 valence electrons. The Labute approximate surface area is 135 Å². The molecule has 2 nitrogen and oxygen atoms in total. The summed E-state index contributed by atoms with van der Waals surface area (Å²) in [5.41, 5.74) is 11.7. The van der Waals surface area contributed by atoms with Crippen LogP contribution in [0.2, 0.25) is 0 Å². The minimum absolute atomic E-state index is 0.407. The van der Waals surface area contributed by atoms with Crippen LogP contribution in [0.15, 0.2) is 41.9 Å². The van der Waals surface area contributed by atoms with Gasteiger partial charge in [-0.15, -0.1) is 0 Å². The summed E-state index contributed by atoms with van der Waals surface area (Å²) in [4.78, 5) is 4.39. The molecule has 1 atom stereocenters. The van der Waals surface area contributed by atoms with Crippen LogP contribution < -0.4 is 5.73 Å². The summed E-state index contributed by atoms with van der Waals surface area (Å²) >= 11 is 0. The van der Waals surface area contributed by atoms with E-state index in [1.807, 2.05) is 20.1 Å². The van der Waals surface area contributed by atoms with Crippen molar-refractivity contribution in [1.29, 1.82) is 0 Å². The lowest BCUT2D eigenvalue weighted by molar-refractivity contribution is 0.556. The van der Waals surface area contributed by atoms with E-state index >= 15 is 0 Å². The highest BCUT2D eigenvalue weighted by molar-refractivity contribution is 5.78. The largest absolute Gasteiger partial charge is 0.330 e. The van der Waals surface area contributed by atoms with Gasteiger partial charge in [0.05, 0.1) is 5.69 Å². The second kappa shape index (κ2) is 9.37. The molecule has 0 fully saturated rings. The molecule has 1 heterocycles. The molecule has 0 amide bonds. The number of nitrogens with two attached hydrogens (primary N) is 1. The Morgan fingerprint density at radius 1 is 1.32 bits per heavy atom. The van der Waals surface area contributed by atoms with E-state index < -0.39 is 0 Å². The maximum atomic E-state index is 5.84. The molecular formula is C20H30N2. The Kier molecular flexibility index (Phi) is 7.83. The number of hydrogen-bond acceptors (Lipinski definition) is 2. The van der Waals surface area contributed by atoms with Crippen LogP contribution in [0.5, 0.6) is 0 Å². The normalized spacial score (nSPS) is 13.1. The van der Waals surface area contributed by atoms with Crippen molar-refractivity contribution in [3.05, 3.63) is 48.1 Å². The van der Waals surface area contributed by atoms with Gasteiger partial charge < -0.3 is 5.73 Å². The molecule has 22 heavy (non-hydrogen) atoms. The van der Waals surface area contributed by atoms with E-state index in [2.05, 4.69) is 43.3 Å². The molecule has 0 aromatic heterocycles. The Bertz CT molecular complexity index is 541. The predicted molar refractivity (Wildman–Crippen MR) is 99.9 cm³/mol. The third kappa shape index (κ3) is 4.67. The quantitative estimate of drug-likeness (QED) is 0.681. The van der Waals surface area contributed by atoms with Crippen molar-refractivity contribution in [2.24, 2.45) is 16.6 Å². The molecule has 1 aromatic carbocycles. The third-order valence-corrected chi connectivity index (χ3v) is 3.97. The van der Waals surface area contributed by atoms with Crippen molar-refractivity contribution in [3.8, 4) is 0 Å². The van der Waals surface area contributed by atoms with Crippen molar-refractivity contribution in [3.63, 3.8) is 0 Å². The van der Waals surface area contributed by atoms with Gasteiger partial charge in [-0.05, 0) is 48.1 Å². The molecule has 2 rings (SSSR count). The molecule has 1 aliphatic heterocycles. The van der Waals surface area contributed by atoms with Gasteiger partial charge in [0.25, 0.3) is 0 Å². The van der Waals surface area contributed by atoms with Gasteiger partial charge in [0.2, 0.25) is 0 Å². The number of rotatable bonds is 7. The Balaban J connectivity index is 0.00000116. The summed E-state index contributed by atoms with van der Waals surface area (Å²) in [5.74, 6) is 0.407. The van der Waals surface area contributed by atoms with E-state index in [1.165, 1.54) is 11.1 Å². The van der Waals surface area contributed by atoms with Gasteiger partial charge in [-0.1, -0.05) is 58.1 Å². The van der Waals surface area contributed by atoms with E-state index in [0.29, 0.717) is 12.5 Å². The van der Waals surface area contributed by atoms with Crippen LogP contribution in [-0.2, 0) is 6.42 Å². The maximum Gasteiger partial charge on any atom is 0.0667 e. The van der Waals surface area contributed by atoms with Crippen molar-refractivity contribution in [2.75, 3.05) is 6.54 Å². The summed E-state index contributed by atoms with van der Waals surface area (Å²) in [6.45, 7) is 15.3. The fourth-order valence-electron chi connectivity index (χ4n) is 2.68. The number of aliphatic imine (C=N–C) groups is 1. The second-order valence-corrected chi connectivity index (χ2v) is 5.52. The number of nitrogens with zero attached hydrogens (tertiary/aromatic N) is 1. The van der Waals surface area contributed by atoms with Gasteiger partial charge in [-0.2, -0.15) is 0 Å². The fourth-order valence-corrected chi connectivity index (χ4v) is 2.68. The Hall–Kier alpha value is -1.67. The third-order valence-electron chi connectivity index (χ3n) is 3.97. The van der Waals surface area contributed by atoms with Gasteiger partial charge in [0.15, 0.2) is 0 Å². The van der Waals surface area contributed by atoms with Crippen molar-refractivity contribution < 1.29 is 0 Å². The van der Waals surface area contributed by atoms with Gasteiger partial charge in [0.1, 0.15) is 0 Å². The first-order chi connectivity index (χ1) is 10.7. The lowest BCUT2D eigenvalue weighted by atomic mass is 9.89. The van der Waals surface area contributed by atoms with Crippen LogP contribution in [0.3, 0.4) is 0 Å². The van der Waals surface area contributed by atoms with E-state index in [4.69, 9.17) is 5.73 Å². The molecule has 1 aromatic rings. The first-order valence-corrected chi connectivity index (χ1v) is 8.37. The summed E-state index contributed by atoms with van der Waals surface area (Å²) in [7, 11) is 0. The molecule has 0 saturated carbocycles. The highest BCUT2D eigenvalue weighted by Gasteiger charge is 2.13. The zero-order valence-electron chi connectivity index (χ0n) is 14.4. The Morgan fingerprint density at radius 3 is 2.68 bits per heavy atom. The van der Waals surface area contributed by atoms with Crippen molar-refractivity contribution in [2.45, 2.75) is 46.5 Å². The molecule has 0 saturated heterocycles. The van der Waals surface area contributed by atoms with Gasteiger partial charge in [0, 0.05) is 12.6 Å². The number of allylic oxidation sites excluding steroid dienone is 1. The molecule has 2 N–H and O–H groups in total. The summed E-state index contributed by atoms with van der Waals surface area (Å²) in [5, 5.41) is 0. The van der Waals surface area contributed by atoms with Crippen LogP contribution >= 0.6 is 0 Å². The zero-order valence-corrected chi connectivity index (χ0v) is 14.4. The molecule has 1 unspecified atom stereocenters. The first-order valence-electron chi connectivity index (χ1n) is 8.37. The van der Waals surface area contributed by atoms with Gasteiger partial charge in [-0.3, -0.25) is 4.99 Å². The van der Waals surface area contributed by atoms with Crippen LogP contribution in [0.4, 0.5) is 5.69 Å². The molecule has 1 aliphatic rings. The zero-order chi connectivity index (χ0) is 16.5. The van der Waals surface area contributed by atoms with Crippen LogP contribution in [0.1, 0.15) is 51.2 Å². The van der Waals surface area contributed by atoms with E-state index in [0.717, 1.165) is 42.5 Å². The highest BCUT2D eigenvalue weighted by atomic mass is 14.7. The van der Waals surface area contributed by atoms with Gasteiger partial charge >= 0.3 is 0 Å². The number of hydrogen-bond donors (Lipinski definition) is 1. The molecule has 0 bridgehead atoms. The second-order valence-electron chi connectivity index (χ2n) is 5.52. The van der Waals surface area contributed by atoms with Gasteiger partial charge in [-0.25, -0.2) is 0 Å². The lowest BCUT2D eigenvalue weighted by Gasteiger charge is -2.18. The van der Waals surface area contributed by atoms with Crippen LogP contribution in [-0.4, -0.2) is 12.8 Å². The van der Waals surface area contributed by atoms with E-state index in [1.54, 1.807) is 0 Å². The average molecular weight is 298 g/mol. The highest BCUT2D eigenvalue weighted by Crippen LogP contribution is 2.31. The standard InChI is InChI=1S/C18H24N2.C2H6/c1-4-5-17(12-19)14(3)10-13(2)16-7-6-15-8-9-20-18(15)11-16;1-2/h6-7,9,11,17H,2-5,8,10,12,19H2,1H3;1-2H3. The Morgan fingerprint density at radius 2 is 2.05 bits per heavy atom. The monoisotopic (exact) mass is 298 g/mol. The van der Waals surface area contributed by atoms with Crippen molar-refractivity contribution in [1.82, 2.24) is 0 Å². The average Bonchev–Trinajstić information content (AvgIpc) is 3.01. The molecule has 2 heteroatoms. The van der Waals surface area contributed by atoms with E-state index in [9.17, 15) is 0 Å². The summed E-state index contributed by atoms with van der Waals surface area (Å²) < 4.78 is 0. The first kappa shape index (κ1) is 18.4. The smallest absolute Gasteiger partial charge is 0.0667 e. The number of fused-ring (bicyclic) bond motifs is 1. The number of benzene rings is 1. The molecule has 0 radical (unpaired) electrons. The minimum atomic E-state index is 0.407. The van der Waals surface area contributed by atoms with Crippen LogP contribution in [0.25, 0.3) is 5.57 Å². The summed E-state index contributed by atoms with van der Waals surface area (Å²) in [6, 6.07) is 6.42. The molecular weight excluding hydrogens is 268 g/mol.